The maximum Gasteiger partial charge on any atom is 0.347 e. The van der Waals surface area contributed by atoms with E-state index in [1.54, 1.807) is 0 Å². The lowest BCUT2D eigenvalue weighted by atomic mass is 9.77. The van der Waals surface area contributed by atoms with Gasteiger partial charge in [-0.1, -0.05) is 6.92 Å². The highest BCUT2D eigenvalue weighted by molar-refractivity contribution is 6.08. The van der Waals surface area contributed by atoms with E-state index in [1.165, 1.54) is 0 Å². The van der Waals surface area contributed by atoms with Gasteiger partial charge in [-0.15, -0.1) is 0 Å². The minimum atomic E-state index is -0.937. The summed E-state index contributed by atoms with van der Waals surface area (Å²) in [5, 5.41) is 2.74. The molecule has 1 saturated carbocycles. The van der Waals surface area contributed by atoms with Crippen LogP contribution in [-0.4, -0.2) is 53.6 Å². The van der Waals surface area contributed by atoms with Crippen molar-refractivity contribution < 1.29 is 28.7 Å². The molecule has 2 aliphatic heterocycles. The third-order valence-electron chi connectivity index (χ3n) is 4.82. The second-order valence-electron chi connectivity index (χ2n) is 6.52. The fourth-order valence-corrected chi connectivity index (χ4v) is 3.32. The Morgan fingerprint density at radius 1 is 1.30 bits per heavy atom. The van der Waals surface area contributed by atoms with Crippen molar-refractivity contribution in [2.75, 3.05) is 13.2 Å². The van der Waals surface area contributed by atoms with Crippen LogP contribution in [0.4, 0.5) is 4.79 Å². The van der Waals surface area contributed by atoms with Crippen molar-refractivity contribution in [3.63, 3.8) is 0 Å². The number of amides is 3. The van der Waals surface area contributed by atoms with Gasteiger partial charge in [-0.2, -0.15) is 0 Å². The van der Waals surface area contributed by atoms with Crippen LogP contribution in [-0.2, 0) is 23.9 Å². The molecule has 1 spiro atoms. The van der Waals surface area contributed by atoms with Crippen molar-refractivity contribution in [2.24, 2.45) is 5.92 Å². The molecule has 3 aliphatic rings. The van der Waals surface area contributed by atoms with Gasteiger partial charge >= 0.3 is 18.0 Å². The lowest BCUT2D eigenvalue weighted by Crippen LogP contribution is -2.49. The summed E-state index contributed by atoms with van der Waals surface area (Å²) in [5.41, 5.74) is -0.879. The van der Waals surface area contributed by atoms with Gasteiger partial charge in [0.2, 0.25) is 6.10 Å². The molecule has 3 rings (SSSR count). The van der Waals surface area contributed by atoms with E-state index in [9.17, 15) is 19.2 Å². The third-order valence-corrected chi connectivity index (χ3v) is 4.82. The number of nitrogens with zero attached hydrogens (tertiary/aromatic N) is 1. The van der Waals surface area contributed by atoms with Gasteiger partial charge in [0.05, 0.1) is 6.61 Å². The number of esters is 2. The van der Waals surface area contributed by atoms with Gasteiger partial charge in [0.25, 0.3) is 5.91 Å². The molecule has 0 aromatic rings. The third kappa shape index (κ3) is 2.89. The molecular formula is C15H20N2O6. The summed E-state index contributed by atoms with van der Waals surface area (Å²) >= 11 is 0. The Morgan fingerprint density at radius 3 is 2.61 bits per heavy atom. The average Bonchev–Trinajstić information content (AvgIpc) is 3.00. The smallest absolute Gasteiger partial charge is 0.347 e. The zero-order valence-electron chi connectivity index (χ0n) is 13.0. The van der Waals surface area contributed by atoms with Crippen LogP contribution < -0.4 is 5.32 Å². The molecule has 0 aromatic carbocycles. The van der Waals surface area contributed by atoms with Crippen LogP contribution in [0.15, 0.2) is 0 Å². The van der Waals surface area contributed by atoms with Crippen molar-refractivity contribution >= 4 is 23.9 Å². The molecule has 2 saturated heterocycles. The number of rotatable bonds is 3. The van der Waals surface area contributed by atoms with Crippen molar-refractivity contribution in [2.45, 2.75) is 50.7 Å². The van der Waals surface area contributed by atoms with E-state index >= 15 is 0 Å². The van der Waals surface area contributed by atoms with Gasteiger partial charge in [0.15, 0.2) is 0 Å². The number of carbonyl (C=O) groups excluding carboxylic acids is 4. The van der Waals surface area contributed by atoms with Crippen LogP contribution in [0.1, 0.15) is 39.0 Å². The fraction of sp³-hybridized carbons (Fsp3) is 0.733. The quantitative estimate of drug-likeness (QED) is 0.593. The molecule has 0 radical (unpaired) electrons. The number of hydrogen-bond donors (Lipinski definition) is 1. The molecule has 126 valence electrons. The Labute approximate surface area is 133 Å². The van der Waals surface area contributed by atoms with E-state index in [4.69, 9.17) is 9.47 Å². The number of imide groups is 1. The summed E-state index contributed by atoms with van der Waals surface area (Å²) in [5.74, 6) is -1.22. The molecule has 3 fully saturated rings. The predicted octanol–water partition coefficient (Wildman–Crippen LogP) is 0.346. The molecule has 3 amide bonds. The van der Waals surface area contributed by atoms with Gasteiger partial charge in [0, 0.05) is 6.42 Å². The maximum absolute atomic E-state index is 12.6. The number of ether oxygens (including phenoxy) is 2. The fourth-order valence-electron chi connectivity index (χ4n) is 3.32. The molecular weight excluding hydrogens is 304 g/mol. The molecule has 8 nitrogen and oxygen atoms in total. The van der Waals surface area contributed by atoms with Crippen molar-refractivity contribution in [1.82, 2.24) is 10.2 Å². The van der Waals surface area contributed by atoms with E-state index in [2.05, 4.69) is 12.2 Å². The summed E-state index contributed by atoms with van der Waals surface area (Å²) < 4.78 is 9.69. The first-order valence-electron chi connectivity index (χ1n) is 7.91. The first-order valence-corrected chi connectivity index (χ1v) is 7.91. The van der Waals surface area contributed by atoms with E-state index in [0.29, 0.717) is 25.2 Å². The van der Waals surface area contributed by atoms with E-state index < -0.39 is 36.2 Å². The summed E-state index contributed by atoms with van der Waals surface area (Å²) in [6, 6.07) is -0.574. The standard InChI is InChI=1S/C15H20N2O6/c1-9-2-5-15(6-3-9)13(20)17(14(21)16-15)8-11(18)23-10-4-7-22-12(10)19/h9-10H,2-8H2,1H3,(H,16,21)/t9?,10-,15?/m0/s1. The Morgan fingerprint density at radius 2 is 2.00 bits per heavy atom. The lowest BCUT2D eigenvalue weighted by molar-refractivity contribution is -0.161. The Balaban J connectivity index is 1.61. The van der Waals surface area contributed by atoms with E-state index in [-0.39, 0.29) is 12.5 Å². The van der Waals surface area contributed by atoms with E-state index in [0.717, 1.165) is 17.7 Å². The Hall–Kier alpha value is -2.12. The molecule has 1 atom stereocenters. The molecule has 0 aromatic heterocycles. The second-order valence-corrected chi connectivity index (χ2v) is 6.52. The van der Waals surface area contributed by atoms with Crippen LogP contribution in [0, 0.1) is 5.92 Å². The van der Waals surface area contributed by atoms with Crippen LogP contribution >= 0.6 is 0 Å². The van der Waals surface area contributed by atoms with Gasteiger partial charge in [0.1, 0.15) is 12.1 Å². The molecule has 2 heterocycles. The predicted molar refractivity (Wildman–Crippen MR) is 76.1 cm³/mol. The van der Waals surface area contributed by atoms with Crippen LogP contribution in [0.3, 0.4) is 0 Å². The summed E-state index contributed by atoms with van der Waals surface area (Å²) in [6.07, 6.45) is 2.24. The Bertz CT molecular complexity index is 552. The SMILES string of the molecule is CC1CCC2(CC1)NC(=O)N(CC(=O)O[C@H]1CCOC1=O)C2=O. The highest BCUT2D eigenvalue weighted by Crippen LogP contribution is 2.36. The van der Waals surface area contributed by atoms with Crippen LogP contribution in [0.2, 0.25) is 0 Å². The van der Waals surface area contributed by atoms with Gasteiger partial charge in [-0.25, -0.2) is 9.59 Å². The van der Waals surface area contributed by atoms with E-state index in [1.807, 2.05) is 0 Å². The minimum absolute atomic E-state index is 0.210. The number of carbonyl (C=O) groups is 4. The maximum atomic E-state index is 12.6. The molecule has 8 heteroatoms. The minimum Gasteiger partial charge on any atom is -0.463 e. The number of nitrogens with one attached hydrogen (secondary N) is 1. The molecule has 1 aliphatic carbocycles. The molecule has 0 unspecified atom stereocenters. The largest absolute Gasteiger partial charge is 0.463 e. The van der Waals surface area contributed by atoms with Crippen molar-refractivity contribution in [3.05, 3.63) is 0 Å². The molecule has 1 N–H and O–H groups in total. The number of hydrogen-bond acceptors (Lipinski definition) is 6. The Kier molecular flexibility index (Phi) is 3.99. The van der Waals surface area contributed by atoms with Crippen LogP contribution in [0.5, 0.6) is 0 Å². The zero-order chi connectivity index (χ0) is 16.6. The summed E-state index contributed by atoms with van der Waals surface area (Å²) in [6.45, 7) is 1.84. The average molecular weight is 324 g/mol. The highest BCUT2D eigenvalue weighted by atomic mass is 16.6. The topological polar surface area (TPSA) is 102 Å². The lowest BCUT2D eigenvalue weighted by Gasteiger charge is -2.33. The first kappa shape index (κ1) is 15.8. The monoisotopic (exact) mass is 324 g/mol. The number of cyclic esters (lactones) is 1. The zero-order valence-corrected chi connectivity index (χ0v) is 13.0. The van der Waals surface area contributed by atoms with Crippen molar-refractivity contribution in [1.29, 1.82) is 0 Å². The van der Waals surface area contributed by atoms with Gasteiger partial charge in [-0.05, 0) is 31.6 Å². The molecule has 0 bridgehead atoms. The van der Waals surface area contributed by atoms with Gasteiger partial charge in [-0.3, -0.25) is 14.5 Å². The van der Waals surface area contributed by atoms with Gasteiger partial charge < -0.3 is 14.8 Å². The van der Waals surface area contributed by atoms with Crippen LogP contribution in [0.25, 0.3) is 0 Å². The summed E-state index contributed by atoms with van der Waals surface area (Å²) in [7, 11) is 0. The van der Waals surface area contributed by atoms with Crippen molar-refractivity contribution in [3.8, 4) is 0 Å². The second kappa shape index (κ2) is 5.82. The normalized spacial score (nSPS) is 33.8. The highest BCUT2D eigenvalue weighted by Gasteiger charge is 2.52. The number of urea groups is 1. The first-order chi connectivity index (χ1) is 10.9. The summed E-state index contributed by atoms with van der Waals surface area (Å²) in [4.78, 5) is 48.7. The molecule has 23 heavy (non-hydrogen) atoms.